The van der Waals surface area contributed by atoms with Crippen molar-refractivity contribution >= 4 is 20.3 Å². The minimum Gasteiger partial charge on any atom is -0.447 e. The van der Waals surface area contributed by atoms with E-state index >= 15 is 0 Å². The second kappa shape index (κ2) is 7.70. The van der Waals surface area contributed by atoms with Gasteiger partial charge in [-0.3, -0.25) is 4.79 Å². The highest BCUT2D eigenvalue weighted by atomic mass is 28.4. The number of hydrogen-bond acceptors (Lipinski definition) is 4. The van der Waals surface area contributed by atoms with Crippen molar-refractivity contribution in [3.8, 4) is 0 Å². The fraction of sp³-hybridized carbons (Fsp3) is 0.579. The van der Waals surface area contributed by atoms with Crippen LogP contribution < -0.4 is 0 Å². The van der Waals surface area contributed by atoms with Crippen LogP contribution in [0.2, 0.25) is 19.6 Å². The van der Waals surface area contributed by atoms with Crippen molar-refractivity contribution in [1.82, 2.24) is 4.90 Å². The van der Waals surface area contributed by atoms with Gasteiger partial charge in [0.2, 0.25) is 5.91 Å². The number of rotatable bonds is 6. The molecule has 5 nitrogen and oxygen atoms in total. The molecule has 1 aromatic rings. The van der Waals surface area contributed by atoms with Gasteiger partial charge in [0, 0.05) is 0 Å². The third-order valence-corrected chi connectivity index (χ3v) is 5.33. The van der Waals surface area contributed by atoms with Crippen LogP contribution in [0.4, 0.5) is 4.79 Å². The molecule has 2 rings (SSSR count). The molecule has 3 atom stereocenters. The predicted octanol–water partition coefficient (Wildman–Crippen LogP) is 4.22. The lowest BCUT2D eigenvalue weighted by molar-refractivity contribution is -0.136. The number of hydrogen-bond donors (Lipinski definition) is 0. The molecule has 1 aromatic carbocycles. The topological polar surface area (TPSA) is 55.8 Å². The van der Waals surface area contributed by atoms with Crippen LogP contribution in [0, 0.1) is 11.8 Å². The van der Waals surface area contributed by atoms with E-state index < -0.39 is 20.3 Å². The molecule has 1 aliphatic heterocycles. The second-order valence-corrected chi connectivity index (χ2v) is 12.4. The van der Waals surface area contributed by atoms with Crippen LogP contribution in [-0.4, -0.2) is 37.9 Å². The van der Waals surface area contributed by atoms with Crippen molar-refractivity contribution in [3.63, 3.8) is 0 Å². The summed E-state index contributed by atoms with van der Waals surface area (Å²) < 4.78 is 11.5. The van der Waals surface area contributed by atoms with E-state index in [-0.39, 0.29) is 30.6 Å². The summed E-state index contributed by atoms with van der Waals surface area (Å²) in [6.45, 7) is 12.4. The maximum absolute atomic E-state index is 13.1. The Kier molecular flexibility index (Phi) is 6.06. The molecule has 0 aliphatic carbocycles. The fourth-order valence-corrected chi connectivity index (χ4v) is 4.11. The van der Waals surface area contributed by atoms with Crippen LogP contribution in [-0.2, 0) is 14.0 Å². The largest absolute Gasteiger partial charge is 0.447 e. The lowest BCUT2D eigenvalue weighted by atomic mass is 9.94. The van der Waals surface area contributed by atoms with E-state index in [4.69, 9.17) is 9.16 Å². The van der Waals surface area contributed by atoms with Gasteiger partial charge in [-0.15, -0.1) is 0 Å². The molecule has 1 heterocycles. The summed E-state index contributed by atoms with van der Waals surface area (Å²) >= 11 is 0. The second-order valence-electron chi connectivity index (χ2n) is 7.95. The number of amides is 2. The molecular formula is C19H29NO4Si. The van der Waals surface area contributed by atoms with E-state index in [2.05, 4.69) is 19.6 Å². The summed E-state index contributed by atoms with van der Waals surface area (Å²) in [4.78, 5) is 26.6. The number of ether oxygens (including phenoxy) is 1. The first-order valence-electron chi connectivity index (χ1n) is 8.84. The van der Waals surface area contributed by atoms with Crippen molar-refractivity contribution in [2.45, 2.75) is 52.6 Å². The molecule has 0 saturated carbocycles. The van der Waals surface area contributed by atoms with Crippen LogP contribution in [0.1, 0.15) is 32.4 Å². The molecule has 0 bridgehead atoms. The number of imide groups is 1. The molecule has 0 N–H and O–H groups in total. The molecule has 0 spiro atoms. The highest BCUT2D eigenvalue weighted by Gasteiger charge is 2.43. The SMILES string of the molecule is CC(C)[C@H]1COC(=O)N1C(=O)[C@@H](C)[C@H](O[Si](C)(C)C)c1ccccc1. The number of benzene rings is 1. The zero-order valence-electron chi connectivity index (χ0n) is 16.0. The first-order chi connectivity index (χ1) is 11.6. The van der Waals surface area contributed by atoms with E-state index in [1.807, 2.05) is 51.1 Å². The fourth-order valence-electron chi connectivity index (χ4n) is 3.01. The molecule has 2 amide bonds. The predicted molar refractivity (Wildman–Crippen MR) is 99.6 cm³/mol. The minimum absolute atomic E-state index is 0.149. The van der Waals surface area contributed by atoms with Crippen molar-refractivity contribution < 1.29 is 18.8 Å². The monoisotopic (exact) mass is 363 g/mol. The summed E-state index contributed by atoms with van der Waals surface area (Å²) in [7, 11) is -1.89. The van der Waals surface area contributed by atoms with E-state index in [1.165, 1.54) is 4.90 Å². The molecular weight excluding hydrogens is 334 g/mol. The van der Waals surface area contributed by atoms with Crippen molar-refractivity contribution in [2.75, 3.05) is 6.61 Å². The molecule has 1 aliphatic rings. The Hall–Kier alpha value is -1.66. The van der Waals surface area contributed by atoms with Gasteiger partial charge in [-0.1, -0.05) is 51.1 Å². The summed E-state index contributed by atoms with van der Waals surface area (Å²) in [5.74, 6) is -0.551. The maximum atomic E-state index is 13.1. The normalized spacial score (nSPS) is 20.5. The number of nitrogens with zero attached hydrogens (tertiary/aromatic N) is 1. The van der Waals surface area contributed by atoms with Gasteiger partial charge >= 0.3 is 6.09 Å². The summed E-state index contributed by atoms with van der Waals surface area (Å²) in [5, 5.41) is 0. The summed E-state index contributed by atoms with van der Waals surface area (Å²) in [5.41, 5.74) is 0.958. The standard InChI is InChI=1S/C19H29NO4Si/c1-13(2)16-12-23-19(22)20(16)18(21)14(3)17(24-25(4,5)6)15-10-8-7-9-11-15/h7-11,13-14,16-17H,12H2,1-6H3/t14-,16+,17-/m0/s1. The molecule has 25 heavy (non-hydrogen) atoms. The Morgan fingerprint density at radius 3 is 2.32 bits per heavy atom. The Labute approximate surface area is 151 Å². The van der Waals surface area contributed by atoms with Crippen LogP contribution in [0.3, 0.4) is 0 Å². The average molecular weight is 364 g/mol. The lowest BCUT2D eigenvalue weighted by Gasteiger charge is -2.33. The molecule has 1 fully saturated rings. The Bertz CT molecular complexity index is 612. The summed E-state index contributed by atoms with van der Waals surface area (Å²) in [6.07, 6.45) is -0.919. The first-order valence-corrected chi connectivity index (χ1v) is 12.2. The molecule has 0 unspecified atom stereocenters. The van der Waals surface area contributed by atoms with Crippen LogP contribution in [0.5, 0.6) is 0 Å². The van der Waals surface area contributed by atoms with E-state index in [9.17, 15) is 9.59 Å². The minimum atomic E-state index is -1.89. The van der Waals surface area contributed by atoms with E-state index in [1.54, 1.807) is 0 Å². The highest BCUT2D eigenvalue weighted by Crippen LogP contribution is 2.33. The molecule has 138 valence electrons. The Balaban J connectivity index is 2.30. The van der Waals surface area contributed by atoms with Gasteiger partial charge in [0.05, 0.1) is 18.1 Å². The van der Waals surface area contributed by atoms with Gasteiger partial charge < -0.3 is 9.16 Å². The smallest absolute Gasteiger partial charge is 0.416 e. The van der Waals surface area contributed by atoms with E-state index in [0.717, 1.165) is 5.56 Å². The van der Waals surface area contributed by atoms with E-state index in [0.29, 0.717) is 0 Å². The van der Waals surface area contributed by atoms with Crippen LogP contribution >= 0.6 is 0 Å². The van der Waals surface area contributed by atoms with Gasteiger partial charge in [-0.2, -0.15) is 0 Å². The Morgan fingerprint density at radius 2 is 1.80 bits per heavy atom. The number of carbonyl (C=O) groups excluding carboxylic acids is 2. The van der Waals surface area contributed by atoms with Crippen LogP contribution in [0.15, 0.2) is 30.3 Å². The van der Waals surface area contributed by atoms with Gasteiger partial charge in [0.1, 0.15) is 6.61 Å². The quantitative estimate of drug-likeness (QED) is 0.710. The molecule has 6 heteroatoms. The van der Waals surface area contributed by atoms with Gasteiger partial charge in [0.15, 0.2) is 8.32 Å². The van der Waals surface area contributed by atoms with Crippen molar-refractivity contribution in [3.05, 3.63) is 35.9 Å². The highest BCUT2D eigenvalue weighted by molar-refractivity contribution is 6.69. The van der Waals surface area contributed by atoms with Crippen molar-refractivity contribution in [2.24, 2.45) is 11.8 Å². The number of carbonyl (C=O) groups is 2. The van der Waals surface area contributed by atoms with Crippen LogP contribution in [0.25, 0.3) is 0 Å². The van der Waals surface area contributed by atoms with Gasteiger partial charge in [-0.05, 0) is 31.1 Å². The molecule has 0 radical (unpaired) electrons. The molecule has 0 aromatic heterocycles. The number of cyclic esters (lactones) is 1. The Morgan fingerprint density at radius 1 is 1.20 bits per heavy atom. The zero-order valence-corrected chi connectivity index (χ0v) is 17.0. The van der Waals surface area contributed by atoms with Gasteiger partial charge in [-0.25, -0.2) is 9.69 Å². The third kappa shape index (κ3) is 4.70. The lowest BCUT2D eigenvalue weighted by Crippen LogP contribution is -2.46. The third-order valence-electron chi connectivity index (χ3n) is 4.37. The van der Waals surface area contributed by atoms with Crippen molar-refractivity contribution in [1.29, 1.82) is 0 Å². The maximum Gasteiger partial charge on any atom is 0.416 e. The van der Waals surface area contributed by atoms with Gasteiger partial charge in [0.25, 0.3) is 0 Å². The summed E-state index contributed by atoms with van der Waals surface area (Å²) in [6, 6.07) is 9.54. The molecule has 1 saturated heterocycles. The average Bonchev–Trinajstić information content (AvgIpc) is 2.93. The zero-order chi connectivity index (χ0) is 18.8. The first kappa shape index (κ1) is 19.7.